The first-order chi connectivity index (χ1) is 11.2. The normalized spacial score (nSPS) is 10.5. The van der Waals surface area contributed by atoms with Crippen LogP contribution in [0.2, 0.25) is 0 Å². The van der Waals surface area contributed by atoms with Gasteiger partial charge in [0, 0.05) is 5.69 Å². The lowest BCUT2D eigenvalue weighted by atomic mass is 10.2. The van der Waals surface area contributed by atoms with Gasteiger partial charge in [0.15, 0.2) is 0 Å². The van der Waals surface area contributed by atoms with E-state index in [-0.39, 0.29) is 0 Å². The van der Waals surface area contributed by atoms with Gasteiger partial charge in [0.1, 0.15) is 12.4 Å². The highest BCUT2D eigenvalue weighted by atomic mass is 32.1. The van der Waals surface area contributed by atoms with Crippen LogP contribution in [0, 0.1) is 6.92 Å². The van der Waals surface area contributed by atoms with Crippen molar-refractivity contribution in [2.45, 2.75) is 13.5 Å². The van der Waals surface area contributed by atoms with E-state index in [9.17, 15) is 4.79 Å². The first-order valence-corrected chi connectivity index (χ1v) is 7.94. The topological polar surface area (TPSA) is 60.5 Å². The van der Waals surface area contributed by atoms with Gasteiger partial charge in [-0.2, -0.15) is 0 Å². The zero-order valence-corrected chi connectivity index (χ0v) is 13.6. The number of amides is 1. The lowest BCUT2D eigenvalue weighted by Gasteiger charge is -2.11. The maximum atomic E-state index is 11.2. The number of carbonyl (C=O) groups excluding carboxylic acids is 1. The molecule has 23 heavy (non-hydrogen) atoms. The van der Waals surface area contributed by atoms with Crippen LogP contribution in [-0.4, -0.2) is 18.2 Å². The third-order valence-electron chi connectivity index (χ3n) is 3.42. The Hall–Kier alpha value is -2.60. The number of fused-ring (bicyclic) bond motifs is 1. The van der Waals surface area contributed by atoms with Crippen molar-refractivity contribution in [1.29, 1.82) is 0 Å². The van der Waals surface area contributed by atoms with Crippen molar-refractivity contribution in [3.05, 3.63) is 53.0 Å². The molecule has 0 aliphatic carbocycles. The fourth-order valence-electron chi connectivity index (χ4n) is 2.18. The molecule has 0 atom stereocenters. The van der Waals surface area contributed by atoms with Crippen LogP contribution in [-0.2, 0) is 11.3 Å². The smallest absolute Gasteiger partial charge is 0.411 e. The van der Waals surface area contributed by atoms with Gasteiger partial charge in [-0.15, -0.1) is 11.3 Å². The summed E-state index contributed by atoms with van der Waals surface area (Å²) in [5.74, 6) is 0.752. The van der Waals surface area contributed by atoms with Gasteiger partial charge in [-0.25, -0.2) is 9.78 Å². The molecular weight excluding hydrogens is 312 g/mol. The van der Waals surface area contributed by atoms with Crippen molar-refractivity contribution in [1.82, 2.24) is 4.98 Å². The molecule has 0 radical (unpaired) electrons. The van der Waals surface area contributed by atoms with Crippen LogP contribution in [0.15, 0.2) is 41.9 Å². The summed E-state index contributed by atoms with van der Waals surface area (Å²) in [4.78, 5) is 15.5. The molecule has 1 heterocycles. The Kier molecular flexibility index (Phi) is 4.43. The average Bonchev–Trinajstić information content (AvgIpc) is 3.02. The van der Waals surface area contributed by atoms with E-state index >= 15 is 0 Å². The van der Waals surface area contributed by atoms with Crippen molar-refractivity contribution in [3.8, 4) is 5.75 Å². The van der Waals surface area contributed by atoms with E-state index in [2.05, 4.69) is 21.1 Å². The lowest BCUT2D eigenvalue weighted by molar-refractivity contribution is 0.187. The van der Waals surface area contributed by atoms with Crippen LogP contribution in [0.1, 0.15) is 11.1 Å². The van der Waals surface area contributed by atoms with Crippen molar-refractivity contribution in [3.63, 3.8) is 0 Å². The molecule has 1 N–H and O–H groups in total. The zero-order chi connectivity index (χ0) is 16.2. The molecule has 0 spiro atoms. The standard InChI is InChI=1S/C17H16N2O3S/c1-11-7-13(4-6-14(11)19-17(20)21-2)22-9-12-3-5-15-16(8-12)23-10-18-15/h3-8,10H,9H2,1-2H3,(H,19,20). The lowest BCUT2D eigenvalue weighted by Crippen LogP contribution is -2.11. The molecule has 1 amide bonds. The number of aryl methyl sites for hydroxylation is 1. The van der Waals surface area contributed by atoms with Crippen LogP contribution in [0.25, 0.3) is 10.2 Å². The summed E-state index contributed by atoms with van der Waals surface area (Å²) in [7, 11) is 1.34. The number of thiazole rings is 1. The molecule has 3 aromatic rings. The summed E-state index contributed by atoms with van der Waals surface area (Å²) in [5.41, 5.74) is 5.55. The molecule has 1 aromatic heterocycles. The summed E-state index contributed by atoms with van der Waals surface area (Å²) in [6.45, 7) is 2.39. The van der Waals surface area contributed by atoms with Crippen molar-refractivity contribution >= 4 is 33.3 Å². The van der Waals surface area contributed by atoms with E-state index in [1.54, 1.807) is 17.4 Å². The van der Waals surface area contributed by atoms with Crippen LogP contribution < -0.4 is 10.1 Å². The highest BCUT2D eigenvalue weighted by Gasteiger charge is 2.06. The number of hydrogen-bond donors (Lipinski definition) is 1. The van der Waals surface area contributed by atoms with E-state index in [0.717, 1.165) is 27.1 Å². The number of aromatic nitrogens is 1. The highest BCUT2D eigenvalue weighted by molar-refractivity contribution is 7.16. The van der Waals surface area contributed by atoms with Gasteiger partial charge >= 0.3 is 6.09 Å². The molecule has 0 unspecified atom stereocenters. The fourth-order valence-corrected chi connectivity index (χ4v) is 2.92. The fraction of sp³-hybridized carbons (Fsp3) is 0.176. The minimum absolute atomic E-state index is 0.483. The van der Waals surface area contributed by atoms with E-state index < -0.39 is 6.09 Å². The summed E-state index contributed by atoms with van der Waals surface area (Å²) in [5, 5.41) is 2.66. The molecule has 0 bridgehead atoms. The number of methoxy groups -OCH3 is 1. The zero-order valence-electron chi connectivity index (χ0n) is 12.8. The molecule has 0 saturated heterocycles. The van der Waals surface area contributed by atoms with Gasteiger partial charge in [0.2, 0.25) is 0 Å². The first-order valence-electron chi connectivity index (χ1n) is 7.06. The summed E-state index contributed by atoms with van der Waals surface area (Å²) in [6.07, 6.45) is -0.486. The summed E-state index contributed by atoms with van der Waals surface area (Å²) in [6, 6.07) is 11.6. The van der Waals surface area contributed by atoms with E-state index in [1.807, 2.05) is 36.7 Å². The van der Waals surface area contributed by atoms with Gasteiger partial charge in [0.05, 0.1) is 22.8 Å². The van der Waals surface area contributed by atoms with Crippen LogP contribution in [0.4, 0.5) is 10.5 Å². The SMILES string of the molecule is COC(=O)Nc1ccc(OCc2ccc3ncsc3c2)cc1C. The van der Waals surface area contributed by atoms with E-state index in [0.29, 0.717) is 12.3 Å². The molecule has 0 saturated carbocycles. The maximum absolute atomic E-state index is 11.2. The number of anilines is 1. The maximum Gasteiger partial charge on any atom is 0.411 e. The average molecular weight is 328 g/mol. The van der Waals surface area contributed by atoms with Crippen molar-refractivity contribution < 1.29 is 14.3 Å². The molecule has 5 nitrogen and oxygen atoms in total. The summed E-state index contributed by atoms with van der Waals surface area (Å²) < 4.78 is 11.6. The second-order valence-corrected chi connectivity index (χ2v) is 5.92. The Labute approximate surface area is 137 Å². The Balaban J connectivity index is 1.68. The number of rotatable bonds is 4. The Bertz CT molecular complexity index is 845. The molecule has 2 aromatic carbocycles. The summed E-state index contributed by atoms with van der Waals surface area (Å²) >= 11 is 1.62. The molecular formula is C17H16N2O3S. The minimum Gasteiger partial charge on any atom is -0.489 e. The second-order valence-electron chi connectivity index (χ2n) is 5.04. The molecule has 3 rings (SSSR count). The number of ether oxygens (including phenoxy) is 2. The van der Waals surface area contributed by atoms with Gasteiger partial charge in [-0.05, 0) is 48.4 Å². The van der Waals surface area contributed by atoms with E-state index in [4.69, 9.17) is 4.74 Å². The van der Waals surface area contributed by atoms with Crippen molar-refractivity contribution in [2.75, 3.05) is 12.4 Å². The molecule has 6 heteroatoms. The monoisotopic (exact) mass is 328 g/mol. The highest BCUT2D eigenvalue weighted by Crippen LogP contribution is 2.24. The van der Waals surface area contributed by atoms with Gasteiger partial charge < -0.3 is 9.47 Å². The predicted molar refractivity (Wildman–Crippen MR) is 91.2 cm³/mol. The van der Waals surface area contributed by atoms with Crippen LogP contribution >= 0.6 is 11.3 Å². The molecule has 0 aliphatic rings. The molecule has 0 fully saturated rings. The minimum atomic E-state index is -0.486. The van der Waals surface area contributed by atoms with Crippen molar-refractivity contribution in [2.24, 2.45) is 0 Å². The van der Waals surface area contributed by atoms with Gasteiger partial charge in [0.25, 0.3) is 0 Å². The quantitative estimate of drug-likeness (QED) is 0.773. The number of nitrogens with zero attached hydrogens (tertiary/aromatic N) is 1. The third-order valence-corrected chi connectivity index (χ3v) is 4.21. The number of hydrogen-bond acceptors (Lipinski definition) is 5. The van der Waals surface area contributed by atoms with Gasteiger partial charge in [-0.1, -0.05) is 6.07 Å². The Morgan fingerprint density at radius 2 is 2.13 bits per heavy atom. The third kappa shape index (κ3) is 3.60. The van der Waals surface area contributed by atoms with E-state index in [1.165, 1.54) is 7.11 Å². The first kappa shape index (κ1) is 15.3. The predicted octanol–water partition coefficient (Wildman–Crippen LogP) is 4.36. The molecule has 118 valence electrons. The second kappa shape index (κ2) is 6.66. The number of carbonyl (C=O) groups is 1. The van der Waals surface area contributed by atoms with Crippen LogP contribution in [0.5, 0.6) is 5.75 Å². The largest absolute Gasteiger partial charge is 0.489 e. The van der Waals surface area contributed by atoms with Crippen LogP contribution in [0.3, 0.4) is 0 Å². The Morgan fingerprint density at radius 1 is 1.26 bits per heavy atom. The number of nitrogens with one attached hydrogen (secondary N) is 1. The Morgan fingerprint density at radius 3 is 2.91 bits per heavy atom. The number of benzene rings is 2. The molecule has 0 aliphatic heterocycles. The van der Waals surface area contributed by atoms with Gasteiger partial charge in [-0.3, -0.25) is 5.32 Å².